The van der Waals surface area contributed by atoms with Crippen LogP contribution >= 0.6 is 0 Å². The Balaban J connectivity index is 1.62. The highest BCUT2D eigenvalue weighted by atomic mass is 16.5. The molecule has 2 aromatic rings. The molecule has 1 aliphatic heterocycles. The summed E-state index contributed by atoms with van der Waals surface area (Å²) in [6, 6.07) is 14.1. The van der Waals surface area contributed by atoms with Crippen LogP contribution in [0.3, 0.4) is 0 Å². The summed E-state index contributed by atoms with van der Waals surface area (Å²) in [6.07, 6.45) is 0. The van der Waals surface area contributed by atoms with Crippen molar-refractivity contribution in [2.45, 2.75) is 13.1 Å². The molecule has 6 nitrogen and oxygen atoms in total. The smallest absolute Gasteiger partial charge is 0.203 e. The van der Waals surface area contributed by atoms with E-state index in [0.717, 1.165) is 61.7 Å². The van der Waals surface area contributed by atoms with Gasteiger partial charge in [0.2, 0.25) is 5.75 Å². The summed E-state index contributed by atoms with van der Waals surface area (Å²) in [5.74, 6) is 2.03. The standard InChI is InChI=1S/C22H27N3O3/c1-26-20-9-8-19(21(27-2)22(20)28-3)16-25-12-10-24(11-13-25)15-18-7-5-4-6-17(18)14-23/h4-9H,10-13,15-16H2,1-3H3. The first-order valence-corrected chi connectivity index (χ1v) is 9.40. The number of benzene rings is 2. The Kier molecular flexibility index (Phi) is 6.75. The molecule has 0 N–H and O–H groups in total. The first-order valence-electron chi connectivity index (χ1n) is 9.40. The number of hydrogen-bond acceptors (Lipinski definition) is 6. The van der Waals surface area contributed by atoms with Crippen molar-refractivity contribution in [2.75, 3.05) is 47.5 Å². The van der Waals surface area contributed by atoms with Crippen LogP contribution in [-0.2, 0) is 13.1 Å². The zero-order chi connectivity index (χ0) is 19.9. The van der Waals surface area contributed by atoms with Crippen molar-refractivity contribution in [3.63, 3.8) is 0 Å². The number of rotatable bonds is 7. The topological polar surface area (TPSA) is 58.0 Å². The lowest BCUT2D eigenvalue weighted by Gasteiger charge is -2.35. The van der Waals surface area contributed by atoms with E-state index in [2.05, 4.69) is 15.9 Å². The lowest BCUT2D eigenvalue weighted by atomic mass is 10.1. The van der Waals surface area contributed by atoms with Crippen molar-refractivity contribution in [1.82, 2.24) is 9.80 Å². The SMILES string of the molecule is COc1ccc(CN2CCN(Cc3ccccc3C#N)CC2)c(OC)c1OC. The van der Waals surface area contributed by atoms with Crippen molar-refractivity contribution in [1.29, 1.82) is 5.26 Å². The Bertz CT molecular complexity index is 839. The molecule has 0 saturated carbocycles. The van der Waals surface area contributed by atoms with Crippen LogP contribution in [0.15, 0.2) is 36.4 Å². The van der Waals surface area contributed by atoms with Gasteiger partial charge in [-0.25, -0.2) is 0 Å². The van der Waals surface area contributed by atoms with Crippen LogP contribution < -0.4 is 14.2 Å². The Labute approximate surface area is 166 Å². The summed E-state index contributed by atoms with van der Waals surface area (Å²) in [5, 5.41) is 9.28. The van der Waals surface area contributed by atoms with Gasteiger partial charge in [-0.05, 0) is 17.7 Å². The molecule has 0 spiro atoms. The number of nitriles is 1. The van der Waals surface area contributed by atoms with Gasteiger partial charge >= 0.3 is 0 Å². The third-order valence-electron chi connectivity index (χ3n) is 5.18. The average Bonchev–Trinajstić information content (AvgIpc) is 2.75. The number of piperazine rings is 1. The fraction of sp³-hybridized carbons (Fsp3) is 0.409. The van der Waals surface area contributed by atoms with Gasteiger partial charge in [-0.2, -0.15) is 5.26 Å². The monoisotopic (exact) mass is 381 g/mol. The number of hydrogen-bond donors (Lipinski definition) is 0. The van der Waals surface area contributed by atoms with Crippen LogP contribution in [0, 0.1) is 11.3 Å². The number of ether oxygens (including phenoxy) is 3. The van der Waals surface area contributed by atoms with E-state index >= 15 is 0 Å². The summed E-state index contributed by atoms with van der Waals surface area (Å²) in [6.45, 7) is 5.48. The summed E-state index contributed by atoms with van der Waals surface area (Å²) in [7, 11) is 4.91. The predicted molar refractivity (Wildman–Crippen MR) is 108 cm³/mol. The van der Waals surface area contributed by atoms with Gasteiger partial charge in [0.25, 0.3) is 0 Å². The molecule has 0 aromatic heterocycles. The average molecular weight is 381 g/mol. The minimum absolute atomic E-state index is 0.634. The fourth-order valence-corrected chi connectivity index (χ4v) is 3.64. The largest absolute Gasteiger partial charge is 0.493 e. The number of nitrogens with zero attached hydrogens (tertiary/aromatic N) is 3. The van der Waals surface area contributed by atoms with Crippen molar-refractivity contribution >= 4 is 0 Å². The normalized spacial score (nSPS) is 15.1. The molecule has 0 bridgehead atoms. The molecule has 28 heavy (non-hydrogen) atoms. The van der Waals surface area contributed by atoms with Gasteiger partial charge in [0.15, 0.2) is 11.5 Å². The highest BCUT2D eigenvalue weighted by Gasteiger charge is 2.21. The molecular weight excluding hydrogens is 354 g/mol. The van der Waals surface area contributed by atoms with Crippen molar-refractivity contribution in [3.05, 3.63) is 53.1 Å². The van der Waals surface area contributed by atoms with Crippen molar-refractivity contribution in [3.8, 4) is 23.3 Å². The Morgan fingerprint density at radius 3 is 1.96 bits per heavy atom. The molecule has 0 atom stereocenters. The van der Waals surface area contributed by atoms with Gasteiger partial charge in [-0.1, -0.05) is 24.3 Å². The van der Waals surface area contributed by atoms with E-state index in [4.69, 9.17) is 14.2 Å². The van der Waals surface area contributed by atoms with Gasteiger partial charge in [0, 0.05) is 44.8 Å². The lowest BCUT2D eigenvalue weighted by Crippen LogP contribution is -2.45. The highest BCUT2D eigenvalue weighted by Crippen LogP contribution is 2.40. The molecule has 3 rings (SSSR count). The molecule has 0 unspecified atom stereocenters. The van der Waals surface area contributed by atoms with Crippen molar-refractivity contribution in [2.24, 2.45) is 0 Å². The zero-order valence-electron chi connectivity index (χ0n) is 16.8. The molecule has 0 aliphatic carbocycles. The van der Waals surface area contributed by atoms with E-state index in [-0.39, 0.29) is 0 Å². The van der Waals surface area contributed by atoms with Gasteiger partial charge in [-0.3, -0.25) is 9.80 Å². The van der Waals surface area contributed by atoms with E-state index in [9.17, 15) is 5.26 Å². The maximum absolute atomic E-state index is 9.28. The zero-order valence-corrected chi connectivity index (χ0v) is 16.8. The van der Waals surface area contributed by atoms with E-state index in [1.54, 1.807) is 21.3 Å². The van der Waals surface area contributed by atoms with Crippen LogP contribution in [0.25, 0.3) is 0 Å². The van der Waals surface area contributed by atoms with E-state index in [0.29, 0.717) is 11.5 Å². The Hall–Kier alpha value is -2.75. The van der Waals surface area contributed by atoms with Crippen LogP contribution in [-0.4, -0.2) is 57.3 Å². The fourth-order valence-electron chi connectivity index (χ4n) is 3.64. The third kappa shape index (κ3) is 4.38. The molecule has 1 heterocycles. The summed E-state index contributed by atoms with van der Waals surface area (Å²) < 4.78 is 16.5. The molecule has 0 amide bonds. The second-order valence-corrected chi connectivity index (χ2v) is 6.81. The molecule has 0 radical (unpaired) electrons. The second-order valence-electron chi connectivity index (χ2n) is 6.81. The van der Waals surface area contributed by atoms with E-state index in [1.807, 2.05) is 36.4 Å². The molecule has 148 valence electrons. The quantitative estimate of drug-likeness (QED) is 0.735. The maximum atomic E-state index is 9.28. The van der Waals surface area contributed by atoms with Crippen LogP contribution in [0.1, 0.15) is 16.7 Å². The second kappa shape index (κ2) is 9.45. The summed E-state index contributed by atoms with van der Waals surface area (Å²) in [5.41, 5.74) is 2.95. The third-order valence-corrected chi connectivity index (χ3v) is 5.18. The van der Waals surface area contributed by atoms with Gasteiger partial charge in [-0.15, -0.1) is 0 Å². The van der Waals surface area contributed by atoms with Crippen LogP contribution in [0.2, 0.25) is 0 Å². The van der Waals surface area contributed by atoms with E-state index < -0.39 is 0 Å². The summed E-state index contributed by atoms with van der Waals surface area (Å²) in [4.78, 5) is 4.81. The number of methoxy groups -OCH3 is 3. The molecular formula is C22H27N3O3. The van der Waals surface area contributed by atoms with Gasteiger partial charge in [0.1, 0.15) is 0 Å². The Morgan fingerprint density at radius 1 is 0.786 bits per heavy atom. The highest BCUT2D eigenvalue weighted by molar-refractivity contribution is 5.55. The maximum Gasteiger partial charge on any atom is 0.203 e. The molecule has 1 aliphatic rings. The molecule has 2 aromatic carbocycles. The Morgan fingerprint density at radius 2 is 1.39 bits per heavy atom. The first-order chi connectivity index (χ1) is 13.7. The van der Waals surface area contributed by atoms with Crippen LogP contribution in [0.4, 0.5) is 0 Å². The van der Waals surface area contributed by atoms with E-state index in [1.165, 1.54) is 0 Å². The lowest BCUT2D eigenvalue weighted by molar-refractivity contribution is 0.121. The molecule has 1 saturated heterocycles. The van der Waals surface area contributed by atoms with Gasteiger partial charge < -0.3 is 14.2 Å². The van der Waals surface area contributed by atoms with Crippen molar-refractivity contribution < 1.29 is 14.2 Å². The van der Waals surface area contributed by atoms with Gasteiger partial charge in [0.05, 0.1) is 33.0 Å². The minimum Gasteiger partial charge on any atom is -0.493 e. The van der Waals surface area contributed by atoms with Crippen LogP contribution in [0.5, 0.6) is 17.2 Å². The molecule has 6 heteroatoms. The minimum atomic E-state index is 0.634. The molecule has 1 fully saturated rings. The first kappa shape index (κ1) is 20.0. The summed E-state index contributed by atoms with van der Waals surface area (Å²) >= 11 is 0. The predicted octanol–water partition coefficient (Wildman–Crippen LogP) is 2.90.